The maximum Gasteiger partial charge on any atom is 0.328 e. The number of nitrogens with one attached hydrogen (secondary N) is 8. The van der Waals surface area contributed by atoms with Crippen LogP contribution in [-0.4, -0.2) is 187 Å². The number of benzene rings is 1. The predicted molar refractivity (Wildman–Crippen MR) is 224 cm³/mol. The Labute approximate surface area is 370 Å². The molecule has 0 aliphatic carbocycles. The summed E-state index contributed by atoms with van der Waals surface area (Å²) in [6, 6.07) is -2.41. The molecule has 4 heterocycles. The van der Waals surface area contributed by atoms with Crippen LogP contribution in [-0.2, 0) is 56.0 Å². The molecule has 2 saturated heterocycles. The van der Waals surface area contributed by atoms with Crippen molar-refractivity contribution in [3.8, 4) is 0 Å². The third-order valence-electron chi connectivity index (χ3n) is 11.1. The van der Waals surface area contributed by atoms with E-state index in [-0.39, 0.29) is 32.4 Å². The van der Waals surface area contributed by atoms with Gasteiger partial charge in [-0.2, -0.15) is 0 Å². The lowest BCUT2D eigenvalue weighted by Gasteiger charge is -2.28. The van der Waals surface area contributed by atoms with Crippen molar-refractivity contribution in [2.45, 2.75) is 80.8 Å². The first-order valence-electron chi connectivity index (χ1n) is 20.9. The fourth-order valence-corrected chi connectivity index (χ4v) is 7.66. The molecule has 14 N–H and O–H groups in total. The van der Waals surface area contributed by atoms with Gasteiger partial charge in [-0.25, -0.2) is 9.78 Å². The van der Waals surface area contributed by atoms with Crippen molar-refractivity contribution in [2.24, 2.45) is 5.73 Å². The van der Waals surface area contributed by atoms with Gasteiger partial charge in [-0.3, -0.25) is 38.4 Å². The zero-order chi connectivity index (χ0) is 47.2. The summed E-state index contributed by atoms with van der Waals surface area (Å²) in [6.45, 7) is -3.52. The van der Waals surface area contributed by atoms with Gasteiger partial charge in [0.25, 0.3) is 0 Å². The number of imidazole rings is 1. The van der Waals surface area contributed by atoms with E-state index in [4.69, 9.17) is 10.8 Å². The number of aromatic nitrogens is 3. The smallest absolute Gasteiger partial charge is 0.328 e. The number of H-pyrrole nitrogens is 2. The molecule has 25 heteroatoms. The Balaban J connectivity index is 1.25. The van der Waals surface area contributed by atoms with Gasteiger partial charge in [0.05, 0.1) is 39.2 Å². The summed E-state index contributed by atoms with van der Waals surface area (Å²) in [6.07, 6.45) is 5.75. The van der Waals surface area contributed by atoms with Gasteiger partial charge in [0.1, 0.15) is 42.3 Å². The molecule has 352 valence electrons. The highest BCUT2D eigenvalue weighted by atomic mass is 16.4. The monoisotopic (exact) mass is 910 g/mol. The minimum absolute atomic E-state index is 0.0115. The fraction of sp³-hybridized carbons (Fsp3) is 0.500. The number of aliphatic carboxylic acids is 1. The molecule has 8 amide bonds. The lowest BCUT2D eigenvalue weighted by molar-refractivity contribution is -0.143. The van der Waals surface area contributed by atoms with Crippen LogP contribution in [0.3, 0.4) is 0 Å². The summed E-state index contributed by atoms with van der Waals surface area (Å²) >= 11 is 0. The average Bonchev–Trinajstić information content (AvgIpc) is 4.15. The van der Waals surface area contributed by atoms with Crippen molar-refractivity contribution in [3.63, 3.8) is 0 Å². The van der Waals surface area contributed by atoms with E-state index in [1.165, 1.54) is 17.4 Å². The van der Waals surface area contributed by atoms with Gasteiger partial charge in [0.15, 0.2) is 0 Å². The Morgan fingerprint density at radius 2 is 1.23 bits per heavy atom. The highest BCUT2D eigenvalue weighted by Gasteiger charge is 2.39. The first-order valence-corrected chi connectivity index (χ1v) is 20.9. The summed E-state index contributed by atoms with van der Waals surface area (Å²) in [5.41, 5.74) is 7.50. The van der Waals surface area contributed by atoms with Crippen molar-refractivity contribution in [1.29, 1.82) is 0 Å². The number of nitrogens with zero attached hydrogens (tertiary/aromatic N) is 3. The van der Waals surface area contributed by atoms with E-state index in [9.17, 15) is 58.5 Å². The summed E-state index contributed by atoms with van der Waals surface area (Å²) in [7, 11) is 0. The SMILES string of the molecule is NCC(=O)N1CCC[C@H]1C(=O)N[C@@H](Cc1c[nH]c2ccccc12)C(=O)N[C@@H](Cc1cnc[nH]1)C(=O)NCC(=O)N1CCC[C@H]1C(=O)N[C@@H](CO)C(=O)N[C@@H](CO)C(=O)N[C@@H](CO)C(=O)O. The first kappa shape index (κ1) is 49.1. The number of carbonyl (C=O) groups is 9. The van der Waals surface area contributed by atoms with Crippen molar-refractivity contribution in [3.05, 3.63) is 54.2 Å². The van der Waals surface area contributed by atoms with Crippen LogP contribution < -0.4 is 37.6 Å². The van der Waals surface area contributed by atoms with Crippen LogP contribution in [0.2, 0.25) is 0 Å². The van der Waals surface area contributed by atoms with Gasteiger partial charge >= 0.3 is 5.97 Å². The van der Waals surface area contributed by atoms with Crippen LogP contribution in [0.1, 0.15) is 36.9 Å². The quantitative estimate of drug-likeness (QED) is 0.0447. The fourth-order valence-electron chi connectivity index (χ4n) is 7.66. The number of nitrogens with two attached hydrogens (primary N) is 1. The van der Waals surface area contributed by atoms with Crippen LogP contribution in [0.5, 0.6) is 0 Å². The molecule has 0 radical (unpaired) electrons. The van der Waals surface area contributed by atoms with Gasteiger partial charge in [0.2, 0.25) is 47.3 Å². The molecule has 0 spiro atoms. The third-order valence-corrected chi connectivity index (χ3v) is 11.1. The summed E-state index contributed by atoms with van der Waals surface area (Å²) in [4.78, 5) is 130. The zero-order valence-electron chi connectivity index (χ0n) is 35.2. The van der Waals surface area contributed by atoms with E-state index in [0.29, 0.717) is 37.1 Å². The number of hydrogen-bond donors (Lipinski definition) is 13. The number of carboxylic acid groups (broad SMARTS) is 1. The molecule has 2 aromatic heterocycles. The lowest BCUT2D eigenvalue weighted by atomic mass is 10.0. The Kier molecular flexibility index (Phi) is 17.4. The molecule has 2 fully saturated rings. The lowest BCUT2D eigenvalue weighted by Crippen LogP contribution is -2.60. The summed E-state index contributed by atoms with van der Waals surface area (Å²) < 4.78 is 0. The van der Waals surface area contributed by atoms with E-state index in [1.807, 2.05) is 29.6 Å². The number of rotatable bonds is 22. The number of para-hydroxylation sites is 1. The third kappa shape index (κ3) is 12.6. The minimum Gasteiger partial charge on any atom is -0.480 e. The van der Waals surface area contributed by atoms with Crippen LogP contribution in [0.25, 0.3) is 10.9 Å². The zero-order valence-corrected chi connectivity index (χ0v) is 35.2. The minimum atomic E-state index is -1.74. The van der Waals surface area contributed by atoms with Gasteiger partial charge in [0, 0.05) is 54.9 Å². The van der Waals surface area contributed by atoms with E-state index < -0.39 is 122 Å². The molecular formula is C40H54N12O13. The van der Waals surface area contributed by atoms with E-state index >= 15 is 0 Å². The van der Waals surface area contributed by atoms with E-state index in [1.54, 1.807) is 6.20 Å². The number of aliphatic hydroxyl groups is 3. The molecular weight excluding hydrogens is 857 g/mol. The van der Waals surface area contributed by atoms with Crippen LogP contribution in [0.4, 0.5) is 0 Å². The first-order chi connectivity index (χ1) is 31.2. The molecule has 7 atom stereocenters. The largest absolute Gasteiger partial charge is 0.480 e. The number of fused-ring (bicyclic) bond motifs is 1. The number of amides is 8. The Hall–Kier alpha value is -6.96. The number of carboxylic acids is 1. The highest BCUT2D eigenvalue weighted by molar-refractivity contribution is 5.98. The second-order valence-corrected chi connectivity index (χ2v) is 15.4. The normalized spacial score (nSPS) is 18.2. The van der Waals surface area contributed by atoms with Gasteiger partial charge in [-0.05, 0) is 37.3 Å². The maximum atomic E-state index is 14.2. The van der Waals surface area contributed by atoms with E-state index in [2.05, 4.69) is 41.5 Å². The van der Waals surface area contributed by atoms with Crippen LogP contribution in [0, 0.1) is 0 Å². The summed E-state index contributed by atoms with van der Waals surface area (Å²) in [5.74, 6) is -8.01. The number of hydrogen-bond acceptors (Lipinski definition) is 14. The Bertz CT molecular complexity index is 2200. The number of aliphatic hydroxyl groups excluding tert-OH is 3. The van der Waals surface area contributed by atoms with Gasteiger partial charge in [-0.15, -0.1) is 0 Å². The molecule has 1 aromatic carbocycles. The number of aromatic amines is 2. The maximum absolute atomic E-state index is 14.2. The molecule has 2 aliphatic rings. The number of carbonyl (C=O) groups excluding carboxylic acids is 8. The van der Waals surface area contributed by atoms with Crippen molar-refractivity contribution in [1.82, 2.24) is 56.7 Å². The Morgan fingerprint density at radius 3 is 1.82 bits per heavy atom. The van der Waals surface area contributed by atoms with Gasteiger partial charge in [-0.1, -0.05) is 18.2 Å². The molecule has 65 heavy (non-hydrogen) atoms. The number of likely N-dealkylation sites (tertiary alicyclic amines) is 2. The van der Waals surface area contributed by atoms with Crippen LogP contribution >= 0.6 is 0 Å². The van der Waals surface area contributed by atoms with Crippen LogP contribution in [0.15, 0.2) is 43.0 Å². The predicted octanol–water partition coefficient (Wildman–Crippen LogP) is -5.78. The molecule has 0 unspecified atom stereocenters. The van der Waals surface area contributed by atoms with Crippen molar-refractivity contribution in [2.75, 3.05) is 46.0 Å². The Morgan fingerprint density at radius 1 is 0.692 bits per heavy atom. The molecule has 0 saturated carbocycles. The van der Waals surface area contributed by atoms with E-state index in [0.717, 1.165) is 15.8 Å². The summed E-state index contributed by atoms with van der Waals surface area (Å²) in [5, 5.41) is 52.9. The molecule has 2 aliphatic heterocycles. The topological polar surface area (TPSA) is 384 Å². The van der Waals surface area contributed by atoms with Crippen molar-refractivity contribution >= 4 is 64.1 Å². The second kappa shape index (κ2) is 23.1. The van der Waals surface area contributed by atoms with Crippen molar-refractivity contribution < 1.29 is 63.6 Å². The molecule has 25 nitrogen and oxygen atoms in total. The second-order valence-electron chi connectivity index (χ2n) is 15.4. The average molecular weight is 911 g/mol. The molecule has 3 aromatic rings. The highest BCUT2D eigenvalue weighted by Crippen LogP contribution is 2.22. The molecule has 0 bridgehead atoms. The standard InChI is InChI=1S/C40H54N12O13/c41-13-32(56)51-9-3-7-30(51)38(62)47-25(11-21-14-43-24-6-2-1-5-23(21)24)35(59)46-26(12-22-15-42-20-45-22)34(58)44-16-33(57)52-10-4-8-31(52)39(63)49-28(18-54)36(60)48-27(17-53)37(61)50-29(19-55)40(64)65/h1-2,5-6,14-15,20,25-31,43,53-55H,3-4,7-13,16-19,41H2,(H,42,45)(H,44,58)(H,46,59)(H,47,62)(H,48,60)(H,49,63)(H,50,61)(H,64,65)/t25-,26-,27-,28-,29-,30-,31-/m0/s1. The van der Waals surface area contributed by atoms with Gasteiger partial charge < -0.3 is 77.8 Å². The molecule has 5 rings (SSSR count).